The molecule has 0 aliphatic carbocycles. The minimum Gasteiger partial charge on any atom is -0.463 e. The smallest absolute Gasteiger partial charge is 0.442 e. The summed E-state index contributed by atoms with van der Waals surface area (Å²) in [6, 6.07) is 0. The van der Waals surface area contributed by atoms with Crippen LogP contribution in [0.25, 0.3) is 0 Å². The molecule has 0 aliphatic heterocycles. The standard InChI is InChI=1S/C12H16F3N3O4S/c1-3-6-22-10(20)18-11(12(13,14)15,8(19)21-4-2)17-9-16-5-7-23-9/h5,7H,3-4,6H2,1-2H3,(H,16,17)(H,18,20)/t11-/m0/s1. The molecule has 2 N–H and O–H groups in total. The number of aromatic nitrogens is 1. The molecule has 0 aliphatic rings. The average Bonchev–Trinajstić information content (AvgIpc) is 2.96. The summed E-state index contributed by atoms with van der Waals surface area (Å²) in [6.45, 7) is 2.61. The number of alkyl halides is 3. The van der Waals surface area contributed by atoms with Gasteiger partial charge in [0.15, 0.2) is 5.13 Å². The van der Waals surface area contributed by atoms with Crippen LogP contribution in [0.5, 0.6) is 0 Å². The van der Waals surface area contributed by atoms with Crippen LogP contribution < -0.4 is 10.6 Å². The summed E-state index contributed by atoms with van der Waals surface area (Å²) < 4.78 is 49.7. The molecular formula is C12H16F3N3O4S. The van der Waals surface area contributed by atoms with Crippen LogP contribution in [-0.2, 0) is 14.3 Å². The first-order valence-electron chi connectivity index (χ1n) is 6.63. The molecular weight excluding hydrogens is 339 g/mol. The fourth-order valence-electron chi connectivity index (χ4n) is 1.46. The molecule has 0 aromatic carbocycles. The van der Waals surface area contributed by atoms with Crippen LogP contribution >= 0.6 is 11.3 Å². The number of halogens is 3. The number of nitrogens with zero attached hydrogens (tertiary/aromatic N) is 1. The molecule has 1 atom stereocenters. The Balaban J connectivity index is 3.17. The zero-order chi connectivity index (χ0) is 17.5. The second-order valence-corrected chi connectivity index (χ2v) is 5.09. The van der Waals surface area contributed by atoms with E-state index >= 15 is 0 Å². The van der Waals surface area contributed by atoms with Crippen molar-refractivity contribution < 1.29 is 32.2 Å². The van der Waals surface area contributed by atoms with Gasteiger partial charge < -0.3 is 14.8 Å². The van der Waals surface area contributed by atoms with E-state index in [1.807, 2.05) is 5.32 Å². The highest BCUT2D eigenvalue weighted by atomic mass is 32.1. The first kappa shape index (κ1) is 19.0. The number of anilines is 1. The number of hydrogen-bond acceptors (Lipinski definition) is 7. The van der Waals surface area contributed by atoms with Crippen LogP contribution in [0.4, 0.5) is 23.1 Å². The predicted molar refractivity (Wildman–Crippen MR) is 75.9 cm³/mol. The molecule has 1 heterocycles. The van der Waals surface area contributed by atoms with E-state index in [1.165, 1.54) is 23.8 Å². The van der Waals surface area contributed by atoms with Gasteiger partial charge in [0.2, 0.25) is 0 Å². The lowest BCUT2D eigenvalue weighted by Gasteiger charge is -2.33. The molecule has 0 saturated carbocycles. The number of nitrogens with one attached hydrogen (secondary N) is 2. The lowest BCUT2D eigenvalue weighted by atomic mass is 10.1. The van der Waals surface area contributed by atoms with Gasteiger partial charge in [-0.3, -0.25) is 5.32 Å². The summed E-state index contributed by atoms with van der Waals surface area (Å²) in [6.07, 6.45) is -4.95. The minimum atomic E-state index is -5.20. The Kier molecular flexibility index (Phi) is 6.61. The summed E-state index contributed by atoms with van der Waals surface area (Å²) in [5, 5.41) is 4.61. The van der Waals surface area contributed by atoms with Crippen molar-refractivity contribution in [3.8, 4) is 0 Å². The van der Waals surface area contributed by atoms with E-state index in [4.69, 9.17) is 0 Å². The molecule has 11 heteroatoms. The molecule has 1 rings (SSSR count). The van der Waals surface area contributed by atoms with Gasteiger partial charge in [0, 0.05) is 11.6 Å². The minimum absolute atomic E-state index is 0.0974. The second-order valence-electron chi connectivity index (χ2n) is 4.19. The number of carbonyl (C=O) groups is 2. The number of alkyl carbamates (subject to hydrolysis) is 1. The third-order valence-corrected chi connectivity index (χ3v) is 3.15. The molecule has 0 unspecified atom stereocenters. The van der Waals surface area contributed by atoms with Crippen LogP contribution in [0.2, 0.25) is 0 Å². The topological polar surface area (TPSA) is 89.5 Å². The third kappa shape index (κ3) is 4.71. The SMILES string of the molecule is CCCOC(=O)N[C@@](Nc1nccs1)(C(=O)OCC)C(F)(F)F. The van der Waals surface area contributed by atoms with Crippen LogP contribution in [0, 0.1) is 0 Å². The number of rotatable bonds is 7. The number of hydrogen-bond donors (Lipinski definition) is 2. The molecule has 0 spiro atoms. The molecule has 1 amide bonds. The average molecular weight is 355 g/mol. The number of esters is 1. The van der Waals surface area contributed by atoms with Crippen LogP contribution in [0.15, 0.2) is 11.6 Å². The van der Waals surface area contributed by atoms with E-state index in [9.17, 15) is 22.8 Å². The molecule has 7 nitrogen and oxygen atoms in total. The lowest BCUT2D eigenvalue weighted by molar-refractivity contribution is -0.205. The zero-order valence-electron chi connectivity index (χ0n) is 12.4. The van der Waals surface area contributed by atoms with Gasteiger partial charge in [-0.2, -0.15) is 13.2 Å². The number of ether oxygens (including phenoxy) is 2. The van der Waals surface area contributed by atoms with E-state index in [0.717, 1.165) is 11.3 Å². The van der Waals surface area contributed by atoms with E-state index < -0.39 is 23.9 Å². The van der Waals surface area contributed by atoms with Crippen molar-refractivity contribution in [1.82, 2.24) is 10.3 Å². The third-order valence-electron chi connectivity index (χ3n) is 2.46. The van der Waals surface area contributed by atoms with Crippen molar-refractivity contribution in [2.75, 3.05) is 18.5 Å². The molecule has 1 aromatic rings. The fourth-order valence-corrected chi connectivity index (χ4v) is 2.04. The lowest BCUT2D eigenvalue weighted by Crippen LogP contribution is -2.69. The number of amides is 1. The van der Waals surface area contributed by atoms with Crippen molar-refractivity contribution in [2.24, 2.45) is 0 Å². The molecule has 0 bridgehead atoms. The summed E-state index contributed by atoms with van der Waals surface area (Å²) >= 11 is 0.824. The number of carbonyl (C=O) groups excluding carboxylic acids is 2. The second kappa shape index (κ2) is 7.99. The van der Waals surface area contributed by atoms with Crippen LogP contribution in [0.3, 0.4) is 0 Å². The van der Waals surface area contributed by atoms with Crippen LogP contribution in [-0.4, -0.2) is 42.1 Å². The van der Waals surface area contributed by atoms with E-state index in [-0.39, 0.29) is 18.3 Å². The van der Waals surface area contributed by atoms with Gasteiger partial charge in [-0.25, -0.2) is 14.6 Å². The van der Waals surface area contributed by atoms with Gasteiger partial charge >= 0.3 is 23.9 Å². The van der Waals surface area contributed by atoms with E-state index in [2.05, 4.69) is 14.5 Å². The Morgan fingerprint density at radius 1 is 1.30 bits per heavy atom. The largest absolute Gasteiger partial charge is 0.463 e. The highest BCUT2D eigenvalue weighted by Gasteiger charge is 2.64. The van der Waals surface area contributed by atoms with E-state index in [1.54, 1.807) is 6.92 Å². The molecule has 130 valence electrons. The van der Waals surface area contributed by atoms with Gasteiger partial charge in [-0.05, 0) is 13.3 Å². The maximum atomic E-state index is 13.6. The van der Waals surface area contributed by atoms with Gasteiger partial charge in [-0.1, -0.05) is 6.92 Å². The van der Waals surface area contributed by atoms with E-state index in [0.29, 0.717) is 6.42 Å². The van der Waals surface area contributed by atoms with Gasteiger partial charge in [0.05, 0.1) is 13.2 Å². The summed E-state index contributed by atoms with van der Waals surface area (Å²) in [7, 11) is 0. The summed E-state index contributed by atoms with van der Waals surface area (Å²) in [4.78, 5) is 27.2. The monoisotopic (exact) mass is 355 g/mol. The van der Waals surface area contributed by atoms with Crippen molar-refractivity contribution in [3.05, 3.63) is 11.6 Å². The normalized spacial score (nSPS) is 13.8. The zero-order valence-corrected chi connectivity index (χ0v) is 13.2. The Labute approximate surface area is 134 Å². The molecule has 23 heavy (non-hydrogen) atoms. The Morgan fingerprint density at radius 2 is 2.00 bits per heavy atom. The first-order chi connectivity index (χ1) is 10.8. The van der Waals surface area contributed by atoms with Gasteiger partial charge in [-0.15, -0.1) is 11.3 Å². The molecule has 0 fully saturated rings. The first-order valence-corrected chi connectivity index (χ1v) is 7.51. The molecule has 0 radical (unpaired) electrons. The molecule has 0 saturated heterocycles. The maximum Gasteiger partial charge on any atom is 0.442 e. The highest BCUT2D eigenvalue weighted by Crippen LogP contribution is 2.33. The van der Waals surface area contributed by atoms with Gasteiger partial charge in [0.1, 0.15) is 0 Å². The Morgan fingerprint density at radius 3 is 2.48 bits per heavy atom. The molecule has 1 aromatic heterocycles. The maximum absolute atomic E-state index is 13.6. The van der Waals surface area contributed by atoms with Crippen molar-refractivity contribution in [3.63, 3.8) is 0 Å². The van der Waals surface area contributed by atoms with Crippen molar-refractivity contribution in [1.29, 1.82) is 0 Å². The Hall–Kier alpha value is -2.04. The van der Waals surface area contributed by atoms with Crippen molar-refractivity contribution in [2.45, 2.75) is 32.1 Å². The summed E-state index contributed by atoms with van der Waals surface area (Å²) in [5.74, 6) is -1.71. The van der Waals surface area contributed by atoms with Crippen LogP contribution in [0.1, 0.15) is 20.3 Å². The predicted octanol–water partition coefficient (Wildman–Crippen LogP) is 2.51. The summed E-state index contributed by atoms with van der Waals surface area (Å²) in [5.41, 5.74) is -3.49. The van der Waals surface area contributed by atoms with Gasteiger partial charge in [0.25, 0.3) is 0 Å². The quantitative estimate of drug-likeness (QED) is 0.577. The highest BCUT2D eigenvalue weighted by molar-refractivity contribution is 7.13. The van der Waals surface area contributed by atoms with Crippen molar-refractivity contribution >= 4 is 28.5 Å². The Bertz CT molecular complexity index is 524. The fraction of sp³-hybridized carbons (Fsp3) is 0.583. The number of thiazole rings is 1.